The molecule has 2 aromatic carbocycles. The zero-order valence-electron chi connectivity index (χ0n) is 14.5. The van der Waals surface area contributed by atoms with Crippen molar-refractivity contribution in [2.75, 3.05) is 21.3 Å². The number of guanidine groups is 1. The highest BCUT2D eigenvalue weighted by Crippen LogP contribution is 2.36. The van der Waals surface area contributed by atoms with Crippen molar-refractivity contribution in [3.63, 3.8) is 0 Å². The van der Waals surface area contributed by atoms with Gasteiger partial charge in [-0.15, -0.1) is 24.0 Å². The summed E-state index contributed by atoms with van der Waals surface area (Å²) in [5, 5.41) is 6.59. The molecule has 0 aliphatic heterocycles. The molecule has 2 rings (SSSR count). The number of hydrogen-bond acceptors (Lipinski definition) is 3. The monoisotopic (exact) mass is 519 g/mol. The Hall–Kier alpha value is -1.48. The molecular formula is C18H23BrIN3O2. The highest BCUT2D eigenvalue weighted by Gasteiger charge is 2.10. The minimum Gasteiger partial charge on any atom is -0.493 e. The van der Waals surface area contributed by atoms with Gasteiger partial charge in [0.05, 0.1) is 18.7 Å². The van der Waals surface area contributed by atoms with Gasteiger partial charge in [0.2, 0.25) is 0 Å². The zero-order valence-corrected chi connectivity index (χ0v) is 18.4. The molecule has 0 radical (unpaired) electrons. The van der Waals surface area contributed by atoms with E-state index in [0.717, 1.165) is 22.5 Å². The summed E-state index contributed by atoms with van der Waals surface area (Å²) < 4.78 is 11.6. The molecule has 0 fully saturated rings. The fourth-order valence-corrected chi connectivity index (χ4v) is 2.91. The third kappa shape index (κ3) is 6.39. The maximum absolute atomic E-state index is 5.37. The molecule has 0 unspecified atom stereocenters. The number of ether oxygens (including phenoxy) is 2. The van der Waals surface area contributed by atoms with Crippen LogP contribution in [0.4, 0.5) is 0 Å². The Morgan fingerprint density at radius 1 is 1.00 bits per heavy atom. The molecule has 25 heavy (non-hydrogen) atoms. The van der Waals surface area contributed by atoms with Gasteiger partial charge >= 0.3 is 0 Å². The summed E-state index contributed by atoms with van der Waals surface area (Å²) in [4.78, 5) is 4.24. The van der Waals surface area contributed by atoms with Crippen molar-refractivity contribution in [2.24, 2.45) is 4.99 Å². The number of hydrogen-bond donors (Lipinski definition) is 2. The quantitative estimate of drug-likeness (QED) is 0.345. The van der Waals surface area contributed by atoms with Crippen molar-refractivity contribution >= 4 is 45.9 Å². The SMILES string of the molecule is CN=C(NCc1ccccc1)NCc1cc(Br)c(OC)c(OC)c1.I. The zero-order chi connectivity index (χ0) is 17.4. The maximum Gasteiger partial charge on any atom is 0.191 e. The van der Waals surface area contributed by atoms with Crippen molar-refractivity contribution < 1.29 is 9.47 Å². The van der Waals surface area contributed by atoms with Gasteiger partial charge in [-0.3, -0.25) is 4.99 Å². The molecule has 2 aromatic rings. The molecule has 0 aromatic heterocycles. The second kappa shape index (κ2) is 11.2. The lowest BCUT2D eigenvalue weighted by molar-refractivity contribution is 0.352. The first-order chi connectivity index (χ1) is 11.7. The first-order valence-electron chi connectivity index (χ1n) is 7.56. The van der Waals surface area contributed by atoms with Crippen LogP contribution in [0.2, 0.25) is 0 Å². The number of benzene rings is 2. The van der Waals surface area contributed by atoms with Crippen LogP contribution in [0, 0.1) is 0 Å². The lowest BCUT2D eigenvalue weighted by Gasteiger charge is -2.14. The smallest absolute Gasteiger partial charge is 0.191 e. The van der Waals surface area contributed by atoms with E-state index in [1.807, 2.05) is 30.3 Å². The predicted molar refractivity (Wildman–Crippen MR) is 116 cm³/mol. The summed E-state index contributed by atoms with van der Waals surface area (Å²) in [5.41, 5.74) is 2.26. The van der Waals surface area contributed by atoms with Crippen LogP contribution >= 0.6 is 39.9 Å². The predicted octanol–water partition coefficient (Wildman–Crippen LogP) is 3.95. The standard InChI is InChI=1S/C18H22BrN3O2.HI/c1-20-18(21-11-13-7-5-4-6-8-13)22-12-14-9-15(19)17(24-3)16(10-14)23-2;/h4-10H,11-12H2,1-3H3,(H2,20,21,22);1H. The van der Waals surface area contributed by atoms with Crippen LogP contribution < -0.4 is 20.1 Å². The average Bonchev–Trinajstić information content (AvgIpc) is 2.62. The number of halogens is 2. The summed E-state index contributed by atoms with van der Waals surface area (Å²) in [6, 6.07) is 14.1. The molecule has 0 saturated carbocycles. The lowest BCUT2D eigenvalue weighted by atomic mass is 10.2. The second-order valence-corrected chi connectivity index (χ2v) is 5.93. The third-order valence-electron chi connectivity index (χ3n) is 3.48. The lowest BCUT2D eigenvalue weighted by Crippen LogP contribution is -2.36. The van der Waals surface area contributed by atoms with E-state index in [0.29, 0.717) is 18.0 Å². The highest BCUT2D eigenvalue weighted by atomic mass is 127. The number of methoxy groups -OCH3 is 2. The van der Waals surface area contributed by atoms with Crippen LogP contribution in [0.1, 0.15) is 11.1 Å². The van der Waals surface area contributed by atoms with Crippen LogP contribution in [-0.4, -0.2) is 27.2 Å². The van der Waals surface area contributed by atoms with Crippen LogP contribution in [0.3, 0.4) is 0 Å². The summed E-state index contributed by atoms with van der Waals surface area (Å²) >= 11 is 3.51. The Morgan fingerprint density at radius 3 is 2.20 bits per heavy atom. The topological polar surface area (TPSA) is 54.9 Å². The van der Waals surface area contributed by atoms with Crippen molar-refractivity contribution in [1.82, 2.24) is 10.6 Å². The summed E-state index contributed by atoms with van der Waals surface area (Å²) in [6.07, 6.45) is 0. The molecule has 7 heteroatoms. The van der Waals surface area contributed by atoms with Crippen molar-refractivity contribution in [3.05, 3.63) is 58.1 Å². The molecule has 0 amide bonds. The first-order valence-corrected chi connectivity index (χ1v) is 8.36. The van der Waals surface area contributed by atoms with E-state index >= 15 is 0 Å². The molecule has 0 atom stereocenters. The molecule has 2 N–H and O–H groups in total. The van der Waals surface area contributed by atoms with Gasteiger partial charge in [-0.05, 0) is 39.2 Å². The first kappa shape index (κ1) is 21.6. The molecule has 0 heterocycles. The van der Waals surface area contributed by atoms with Crippen molar-refractivity contribution in [1.29, 1.82) is 0 Å². The van der Waals surface area contributed by atoms with Gasteiger partial charge in [0.25, 0.3) is 0 Å². The number of nitrogens with zero attached hydrogens (tertiary/aromatic N) is 1. The van der Waals surface area contributed by atoms with Gasteiger partial charge in [-0.25, -0.2) is 0 Å². The summed E-state index contributed by atoms with van der Waals surface area (Å²) in [7, 11) is 5.00. The molecule has 0 aliphatic rings. The van der Waals surface area contributed by atoms with Gasteiger partial charge < -0.3 is 20.1 Å². The van der Waals surface area contributed by atoms with Gasteiger partial charge in [0.15, 0.2) is 17.5 Å². The minimum absolute atomic E-state index is 0. The van der Waals surface area contributed by atoms with E-state index < -0.39 is 0 Å². The Kier molecular flexibility index (Phi) is 9.66. The molecule has 0 aliphatic carbocycles. The fourth-order valence-electron chi connectivity index (χ4n) is 2.26. The molecule has 0 spiro atoms. The number of nitrogens with one attached hydrogen (secondary N) is 2. The van der Waals surface area contributed by atoms with Crippen molar-refractivity contribution in [3.8, 4) is 11.5 Å². The molecule has 0 saturated heterocycles. The largest absolute Gasteiger partial charge is 0.493 e. The van der Waals surface area contributed by atoms with Crippen LogP contribution in [0.25, 0.3) is 0 Å². The van der Waals surface area contributed by atoms with E-state index in [9.17, 15) is 0 Å². The van der Waals surface area contributed by atoms with Gasteiger partial charge in [-0.1, -0.05) is 30.3 Å². The highest BCUT2D eigenvalue weighted by molar-refractivity contribution is 14.0. The molecule has 0 bridgehead atoms. The maximum atomic E-state index is 5.37. The fraction of sp³-hybridized carbons (Fsp3) is 0.278. The average molecular weight is 520 g/mol. The van der Waals surface area contributed by atoms with Crippen molar-refractivity contribution in [2.45, 2.75) is 13.1 Å². The summed E-state index contributed by atoms with van der Waals surface area (Å²) in [6.45, 7) is 1.34. The van der Waals surface area contributed by atoms with E-state index in [-0.39, 0.29) is 24.0 Å². The number of aliphatic imine (C=N–C) groups is 1. The Balaban J connectivity index is 0.00000312. The van der Waals surface area contributed by atoms with E-state index in [1.54, 1.807) is 21.3 Å². The van der Waals surface area contributed by atoms with Gasteiger partial charge in [0, 0.05) is 20.1 Å². The normalized spacial score (nSPS) is 10.6. The Labute approximate surface area is 174 Å². The van der Waals surface area contributed by atoms with E-state index in [2.05, 4.69) is 43.7 Å². The van der Waals surface area contributed by atoms with E-state index in [1.165, 1.54) is 5.56 Å². The second-order valence-electron chi connectivity index (χ2n) is 5.08. The van der Waals surface area contributed by atoms with E-state index in [4.69, 9.17) is 9.47 Å². The Bertz CT molecular complexity index is 696. The Morgan fingerprint density at radius 2 is 1.64 bits per heavy atom. The summed E-state index contributed by atoms with van der Waals surface area (Å²) in [5.74, 6) is 2.12. The molecular weight excluding hydrogens is 497 g/mol. The number of rotatable bonds is 6. The van der Waals surface area contributed by atoms with Gasteiger partial charge in [-0.2, -0.15) is 0 Å². The minimum atomic E-state index is 0. The molecule has 136 valence electrons. The van der Waals surface area contributed by atoms with Crippen LogP contribution in [0.15, 0.2) is 51.9 Å². The third-order valence-corrected chi connectivity index (χ3v) is 4.07. The van der Waals surface area contributed by atoms with Crippen LogP contribution in [-0.2, 0) is 13.1 Å². The van der Waals surface area contributed by atoms with Crippen LogP contribution in [0.5, 0.6) is 11.5 Å². The van der Waals surface area contributed by atoms with Gasteiger partial charge in [0.1, 0.15) is 0 Å². The molecule has 5 nitrogen and oxygen atoms in total.